The number of carbonyl (C=O) groups is 1. The molecule has 0 saturated heterocycles. The average Bonchev–Trinajstić information content (AvgIpc) is 3.08. The van der Waals surface area contributed by atoms with Crippen LogP contribution < -0.4 is 9.47 Å². The number of aryl methyl sites for hydroxylation is 1. The zero-order valence-corrected chi connectivity index (χ0v) is 16.5. The monoisotopic (exact) mass is 401 g/mol. The Morgan fingerprint density at radius 1 is 1.10 bits per heavy atom. The Morgan fingerprint density at radius 2 is 1.87 bits per heavy atom. The molecule has 0 amide bonds. The summed E-state index contributed by atoms with van der Waals surface area (Å²) in [5, 5.41) is 0. The van der Waals surface area contributed by atoms with E-state index < -0.39 is 5.82 Å². The molecule has 150 valence electrons. The van der Waals surface area contributed by atoms with Crippen LogP contribution >= 0.6 is 0 Å². The van der Waals surface area contributed by atoms with Gasteiger partial charge in [0, 0.05) is 18.7 Å². The Morgan fingerprint density at radius 3 is 2.67 bits per heavy atom. The van der Waals surface area contributed by atoms with Gasteiger partial charge in [0.2, 0.25) is 5.78 Å². The molecule has 0 N–H and O–H groups in total. The second-order valence-electron chi connectivity index (χ2n) is 7.58. The molecule has 4 nitrogen and oxygen atoms in total. The number of carbonyl (C=O) groups excluding carboxylic acids is 1. The smallest absolute Gasteiger partial charge is 0.232 e. The molecule has 0 aromatic heterocycles. The topological polar surface area (TPSA) is 38.8 Å². The SMILES string of the molecule is Cc1cc2c(c3c1C(=O)/C(=C/c1ccccc1F)O3)CN(Cc1ccccc1)CO2. The molecule has 0 fully saturated rings. The van der Waals surface area contributed by atoms with Gasteiger partial charge in [-0.15, -0.1) is 0 Å². The lowest BCUT2D eigenvalue weighted by Crippen LogP contribution is -2.31. The third kappa shape index (κ3) is 3.27. The highest BCUT2D eigenvalue weighted by molar-refractivity contribution is 6.15. The summed E-state index contributed by atoms with van der Waals surface area (Å²) in [4.78, 5) is 15.2. The first-order chi connectivity index (χ1) is 14.6. The molecule has 0 unspecified atom stereocenters. The van der Waals surface area contributed by atoms with E-state index in [1.165, 1.54) is 17.7 Å². The van der Waals surface area contributed by atoms with Crippen molar-refractivity contribution in [2.45, 2.75) is 20.0 Å². The van der Waals surface area contributed by atoms with Crippen molar-refractivity contribution in [3.63, 3.8) is 0 Å². The number of nitrogens with zero attached hydrogens (tertiary/aromatic N) is 1. The zero-order chi connectivity index (χ0) is 20.7. The Hall–Kier alpha value is -3.44. The molecule has 0 spiro atoms. The van der Waals surface area contributed by atoms with Crippen molar-refractivity contribution in [1.29, 1.82) is 0 Å². The lowest BCUT2D eigenvalue weighted by atomic mass is 9.98. The molecule has 3 aromatic carbocycles. The normalized spacial score (nSPS) is 16.7. The van der Waals surface area contributed by atoms with E-state index in [9.17, 15) is 9.18 Å². The number of Topliss-reactive ketones (excluding diaryl/α,β-unsaturated/α-hetero) is 1. The molecule has 0 atom stereocenters. The number of hydrogen-bond donors (Lipinski definition) is 0. The molecule has 0 radical (unpaired) electrons. The van der Waals surface area contributed by atoms with Crippen LogP contribution in [0.5, 0.6) is 11.5 Å². The summed E-state index contributed by atoms with van der Waals surface area (Å²) in [5.74, 6) is 0.764. The van der Waals surface area contributed by atoms with Crippen LogP contribution in [0.3, 0.4) is 0 Å². The van der Waals surface area contributed by atoms with Gasteiger partial charge in [-0.05, 0) is 36.3 Å². The quantitative estimate of drug-likeness (QED) is 0.572. The van der Waals surface area contributed by atoms with E-state index in [-0.39, 0.29) is 11.5 Å². The minimum absolute atomic E-state index is 0.131. The first-order valence-corrected chi connectivity index (χ1v) is 9.84. The molecule has 2 heterocycles. The fourth-order valence-corrected chi connectivity index (χ4v) is 3.95. The Labute approximate surface area is 174 Å². The average molecular weight is 401 g/mol. The number of rotatable bonds is 3. The molecule has 0 saturated carbocycles. The number of fused-ring (bicyclic) bond motifs is 3. The minimum atomic E-state index is -0.395. The van der Waals surface area contributed by atoms with Gasteiger partial charge < -0.3 is 9.47 Å². The van der Waals surface area contributed by atoms with Crippen LogP contribution in [0.4, 0.5) is 4.39 Å². The number of halogens is 1. The number of allylic oxidation sites excluding steroid dienone is 1. The van der Waals surface area contributed by atoms with Gasteiger partial charge >= 0.3 is 0 Å². The van der Waals surface area contributed by atoms with Gasteiger partial charge in [-0.3, -0.25) is 9.69 Å². The van der Waals surface area contributed by atoms with Gasteiger partial charge in [0.15, 0.2) is 5.76 Å². The van der Waals surface area contributed by atoms with E-state index >= 15 is 0 Å². The third-order valence-corrected chi connectivity index (χ3v) is 5.43. The van der Waals surface area contributed by atoms with Crippen molar-refractivity contribution in [3.8, 4) is 11.5 Å². The van der Waals surface area contributed by atoms with Gasteiger partial charge in [-0.25, -0.2) is 4.39 Å². The highest BCUT2D eigenvalue weighted by Crippen LogP contribution is 2.44. The number of ether oxygens (including phenoxy) is 2. The van der Waals surface area contributed by atoms with E-state index in [1.807, 2.05) is 31.2 Å². The van der Waals surface area contributed by atoms with Gasteiger partial charge in [0.05, 0.1) is 11.1 Å². The van der Waals surface area contributed by atoms with Crippen LogP contribution in [0.1, 0.15) is 32.6 Å². The molecule has 2 aliphatic rings. The fraction of sp³-hybridized carbons (Fsp3) is 0.160. The molecule has 0 aliphatic carbocycles. The minimum Gasteiger partial charge on any atom is -0.478 e. The second kappa shape index (κ2) is 7.43. The number of hydrogen-bond acceptors (Lipinski definition) is 4. The maximum absolute atomic E-state index is 14.1. The van der Waals surface area contributed by atoms with Crippen LogP contribution in [-0.4, -0.2) is 17.4 Å². The van der Waals surface area contributed by atoms with Gasteiger partial charge in [-0.1, -0.05) is 48.5 Å². The summed E-state index contributed by atoms with van der Waals surface area (Å²) in [6.07, 6.45) is 1.47. The van der Waals surface area contributed by atoms with E-state index in [2.05, 4.69) is 17.0 Å². The summed E-state index contributed by atoms with van der Waals surface area (Å²) in [5.41, 5.74) is 3.68. The van der Waals surface area contributed by atoms with Crippen LogP contribution in [0, 0.1) is 12.7 Å². The number of ketones is 1. The Kier molecular flexibility index (Phi) is 4.60. The van der Waals surface area contributed by atoms with Crippen molar-refractivity contribution in [2.24, 2.45) is 0 Å². The standard InChI is InChI=1S/C25H20FNO3/c1-16-11-21-19(14-27(15-29-21)13-17-7-3-2-4-8-17)25-23(16)24(28)22(30-25)12-18-9-5-6-10-20(18)26/h2-12H,13-15H2,1H3/b22-12-. The highest BCUT2D eigenvalue weighted by atomic mass is 19.1. The molecular formula is C25H20FNO3. The van der Waals surface area contributed by atoms with Gasteiger partial charge in [-0.2, -0.15) is 0 Å². The Bertz CT molecular complexity index is 1170. The molecule has 2 aliphatic heterocycles. The summed E-state index contributed by atoms with van der Waals surface area (Å²) in [7, 11) is 0. The summed E-state index contributed by atoms with van der Waals surface area (Å²) >= 11 is 0. The van der Waals surface area contributed by atoms with Crippen molar-refractivity contribution in [3.05, 3.63) is 100 Å². The van der Waals surface area contributed by atoms with E-state index in [4.69, 9.17) is 9.47 Å². The predicted octanol–water partition coefficient (Wildman–Crippen LogP) is 5.10. The second-order valence-corrected chi connectivity index (χ2v) is 7.58. The van der Waals surface area contributed by atoms with Gasteiger partial charge in [0.25, 0.3) is 0 Å². The molecule has 5 heteroatoms. The van der Waals surface area contributed by atoms with Gasteiger partial charge in [0.1, 0.15) is 24.0 Å². The highest BCUT2D eigenvalue weighted by Gasteiger charge is 2.35. The summed E-state index contributed by atoms with van der Waals surface area (Å²) < 4.78 is 26.0. The van der Waals surface area contributed by atoms with Crippen molar-refractivity contribution in [2.75, 3.05) is 6.73 Å². The van der Waals surface area contributed by atoms with Crippen molar-refractivity contribution >= 4 is 11.9 Å². The predicted molar refractivity (Wildman–Crippen MR) is 112 cm³/mol. The molecular weight excluding hydrogens is 381 g/mol. The molecule has 3 aromatic rings. The van der Waals surface area contributed by atoms with Crippen molar-refractivity contribution in [1.82, 2.24) is 4.90 Å². The largest absolute Gasteiger partial charge is 0.478 e. The molecule has 30 heavy (non-hydrogen) atoms. The zero-order valence-electron chi connectivity index (χ0n) is 16.5. The lowest BCUT2D eigenvalue weighted by molar-refractivity contribution is 0.0872. The van der Waals surface area contributed by atoms with Crippen LogP contribution in [0.25, 0.3) is 6.08 Å². The lowest BCUT2D eigenvalue weighted by Gasteiger charge is -2.30. The van der Waals surface area contributed by atoms with Crippen LogP contribution in [0.2, 0.25) is 0 Å². The maximum atomic E-state index is 14.1. The van der Waals surface area contributed by atoms with Crippen LogP contribution in [-0.2, 0) is 13.1 Å². The van der Waals surface area contributed by atoms with E-state index in [0.29, 0.717) is 30.2 Å². The first kappa shape index (κ1) is 18.6. The Balaban J connectivity index is 1.49. The van der Waals surface area contributed by atoms with Crippen molar-refractivity contribution < 1.29 is 18.7 Å². The van der Waals surface area contributed by atoms with Crippen LogP contribution in [0.15, 0.2) is 66.4 Å². The molecule has 5 rings (SSSR count). The fourth-order valence-electron chi connectivity index (χ4n) is 3.95. The van der Waals surface area contributed by atoms with E-state index in [1.54, 1.807) is 18.2 Å². The summed E-state index contributed by atoms with van der Waals surface area (Å²) in [6, 6.07) is 18.4. The summed E-state index contributed by atoms with van der Waals surface area (Å²) in [6.45, 7) is 3.67. The first-order valence-electron chi connectivity index (χ1n) is 9.84. The maximum Gasteiger partial charge on any atom is 0.232 e. The molecule has 0 bridgehead atoms. The van der Waals surface area contributed by atoms with E-state index in [0.717, 1.165) is 23.4 Å². The number of benzene rings is 3. The third-order valence-electron chi connectivity index (χ3n) is 5.43.